The highest BCUT2D eigenvalue weighted by Gasteiger charge is 2.09. The molecule has 0 spiro atoms. The first-order chi connectivity index (χ1) is 7.53. The van der Waals surface area contributed by atoms with Crippen molar-refractivity contribution in [3.05, 3.63) is 48.4 Å². The van der Waals surface area contributed by atoms with E-state index in [4.69, 9.17) is 5.73 Å². The molecule has 0 unspecified atom stereocenters. The third-order valence-corrected chi connectivity index (χ3v) is 3.73. The van der Waals surface area contributed by atoms with Crippen LogP contribution >= 0.6 is 0 Å². The zero-order valence-electron chi connectivity index (χ0n) is 8.55. The predicted octanol–water partition coefficient (Wildman–Crippen LogP) is 2.34. The molecule has 0 fully saturated rings. The lowest BCUT2D eigenvalue weighted by atomic mass is 10.1. The first-order valence-electron chi connectivity index (χ1n) is 4.70. The van der Waals surface area contributed by atoms with Gasteiger partial charge < -0.3 is 5.73 Å². The van der Waals surface area contributed by atoms with E-state index in [0.717, 1.165) is 16.2 Å². The van der Waals surface area contributed by atoms with Crippen molar-refractivity contribution in [1.29, 1.82) is 0 Å². The van der Waals surface area contributed by atoms with Crippen LogP contribution in [-0.4, -0.2) is 8.42 Å². The summed E-state index contributed by atoms with van der Waals surface area (Å²) in [5.74, 6) is 0. The first-order valence-corrected chi connectivity index (χ1v) is 6.24. The molecule has 3 nitrogen and oxygen atoms in total. The van der Waals surface area contributed by atoms with Crippen LogP contribution in [0.15, 0.2) is 53.3 Å². The number of sulfone groups is 1. The molecule has 0 amide bonds. The Kier molecular flexibility index (Phi) is 2.44. The standard InChI is InChI=1S/C12H11NO2S/c1-2-16(14,15)12-6-4-9-3-5-11(13)7-10(9)8-12/h2-8H,1,13H2. The zero-order valence-corrected chi connectivity index (χ0v) is 9.37. The summed E-state index contributed by atoms with van der Waals surface area (Å²) in [4.78, 5) is 0.237. The molecule has 0 saturated heterocycles. The largest absolute Gasteiger partial charge is 0.399 e. The Balaban J connectivity index is 2.73. The molecule has 0 atom stereocenters. The second-order valence-electron chi connectivity index (χ2n) is 3.48. The van der Waals surface area contributed by atoms with Gasteiger partial charge in [-0.15, -0.1) is 0 Å². The van der Waals surface area contributed by atoms with Gasteiger partial charge in [-0.2, -0.15) is 0 Å². The maximum Gasteiger partial charge on any atom is 0.199 e. The van der Waals surface area contributed by atoms with Gasteiger partial charge in [0.1, 0.15) is 0 Å². The summed E-state index contributed by atoms with van der Waals surface area (Å²) in [6.45, 7) is 3.29. The molecule has 16 heavy (non-hydrogen) atoms. The molecule has 2 aromatic rings. The summed E-state index contributed by atoms with van der Waals surface area (Å²) in [6, 6.07) is 10.3. The third-order valence-electron chi connectivity index (χ3n) is 2.38. The Bertz CT molecular complexity index is 660. The molecule has 0 bridgehead atoms. The summed E-state index contributed by atoms with van der Waals surface area (Å²) in [5.41, 5.74) is 6.26. The lowest BCUT2D eigenvalue weighted by Gasteiger charge is -2.03. The number of anilines is 1. The van der Waals surface area contributed by atoms with Crippen LogP contribution in [0.3, 0.4) is 0 Å². The Morgan fingerprint density at radius 1 is 1.06 bits per heavy atom. The van der Waals surface area contributed by atoms with Gasteiger partial charge in [0.25, 0.3) is 0 Å². The maximum absolute atomic E-state index is 11.6. The average molecular weight is 233 g/mol. The van der Waals surface area contributed by atoms with Crippen molar-refractivity contribution in [3.8, 4) is 0 Å². The topological polar surface area (TPSA) is 60.2 Å². The van der Waals surface area contributed by atoms with Crippen molar-refractivity contribution < 1.29 is 8.42 Å². The van der Waals surface area contributed by atoms with Crippen LogP contribution in [0.1, 0.15) is 0 Å². The molecule has 2 N–H and O–H groups in total. The lowest BCUT2D eigenvalue weighted by molar-refractivity contribution is 0.605. The Labute approximate surface area is 94.1 Å². The van der Waals surface area contributed by atoms with Gasteiger partial charge in [-0.3, -0.25) is 0 Å². The fraction of sp³-hybridized carbons (Fsp3) is 0. The van der Waals surface area contributed by atoms with E-state index < -0.39 is 9.84 Å². The Morgan fingerprint density at radius 2 is 1.75 bits per heavy atom. The van der Waals surface area contributed by atoms with E-state index in [1.165, 1.54) is 0 Å². The normalized spacial score (nSPS) is 11.5. The van der Waals surface area contributed by atoms with Gasteiger partial charge in [-0.25, -0.2) is 8.42 Å². The van der Waals surface area contributed by atoms with Crippen LogP contribution in [0, 0.1) is 0 Å². The van der Waals surface area contributed by atoms with E-state index in [-0.39, 0.29) is 4.90 Å². The summed E-state index contributed by atoms with van der Waals surface area (Å²) in [6.07, 6.45) is 0. The molecule has 2 rings (SSSR count). The van der Waals surface area contributed by atoms with E-state index in [1.54, 1.807) is 30.3 Å². The zero-order chi connectivity index (χ0) is 11.8. The average Bonchev–Trinajstić information content (AvgIpc) is 2.28. The van der Waals surface area contributed by atoms with Gasteiger partial charge >= 0.3 is 0 Å². The van der Waals surface area contributed by atoms with E-state index in [9.17, 15) is 8.42 Å². The van der Waals surface area contributed by atoms with Crippen LogP contribution < -0.4 is 5.73 Å². The van der Waals surface area contributed by atoms with Gasteiger partial charge in [0.05, 0.1) is 4.90 Å². The predicted molar refractivity (Wildman–Crippen MR) is 65.7 cm³/mol. The van der Waals surface area contributed by atoms with Crippen molar-refractivity contribution in [2.45, 2.75) is 4.90 Å². The van der Waals surface area contributed by atoms with E-state index >= 15 is 0 Å². The molecule has 0 heterocycles. The van der Waals surface area contributed by atoms with Crippen LogP contribution in [-0.2, 0) is 9.84 Å². The van der Waals surface area contributed by atoms with Crippen LogP contribution in [0.5, 0.6) is 0 Å². The lowest BCUT2D eigenvalue weighted by Crippen LogP contribution is -1.95. The van der Waals surface area contributed by atoms with E-state index in [0.29, 0.717) is 5.69 Å². The smallest absolute Gasteiger partial charge is 0.199 e. The molecule has 0 aliphatic carbocycles. The Hall–Kier alpha value is -1.81. The monoisotopic (exact) mass is 233 g/mol. The number of nitrogen functional groups attached to an aromatic ring is 1. The van der Waals surface area contributed by atoms with Crippen LogP contribution in [0.2, 0.25) is 0 Å². The van der Waals surface area contributed by atoms with Crippen molar-refractivity contribution in [2.75, 3.05) is 5.73 Å². The van der Waals surface area contributed by atoms with E-state index in [2.05, 4.69) is 6.58 Å². The fourth-order valence-electron chi connectivity index (χ4n) is 1.52. The third kappa shape index (κ3) is 1.79. The molecule has 0 saturated carbocycles. The molecule has 0 radical (unpaired) electrons. The summed E-state index contributed by atoms with van der Waals surface area (Å²) in [5, 5.41) is 2.71. The maximum atomic E-state index is 11.6. The molecule has 0 aliphatic heterocycles. The van der Waals surface area contributed by atoms with Gasteiger partial charge in [0.2, 0.25) is 0 Å². The summed E-state index contributed by atoms with van der Waals surface area (Å²) < 4.78 is 23.2. The summed E-state index contributed by atoms with van der Waals surface area (Å²) >= 11 is 0. The van der Waals surface area contributed by atoms with Crippen molar-refractivity contribution in [1.82, 2.24) is 0 Å². The minimum atomic E-state index is -3.38. The number of hydrogen-bond donors (Lipinski definition) is 1. The quantitative estimate of drug-likeness (QED) is 0.810. The fourth-order valence-corrected chi connectivity index (χ4v) is 2.26. The molecule has 82 valence electrons. The number of fused-ring (bicyclic) bond motifs is 1. The number of rotatable bonds is 2. The second kappa shape index (κ2) is 3.64. The molecule has 2 aromatic carbocycles. The number of hydrogen-bond acceptors (Lipinski definition) is 3. The van der Waals surface area contributed by atoms with Gasteiger partial charge in [-0.1, -0.05) is 18.7 Å². The highest BCUT2D eigenvalue weighted by Crippen LogP contribution is 2.22. The molecule has 0 aromatic heterocycles. The summed E-state index contributed by atoms with van der Waals surface area (Å²) in [7, 11) is -3.38. The Morgan fingerprint density at radius 3 is 2.44 bits per heavy atom. The van der Waals surface area contributed by atoms with E-state index in [1.807, 2.05) is 6.07 Å². The molecular weight excluding hydrogens is 222 g/mol. The highest BCUT2D eigenvalue weighted by molar-refractivity contribution is 7.94. The van der Waals surface area contributed by atoms with Crippen molar-refractivity contribution in [3.63, 3.8) is 0 Å². The number of nitrogens with two attached hydrogens (primary N) is 1. The molecule has 4 heteroatoms. The first kappa shape index (κ1) is 10.7. The van der Waals surface area contributed by atoms with Crippen molar-refractivity contribution in [2.24, 2.45) is 0 Å². The van der Waals surface area contributed by atoms with Crippen molar-refractivity contribution >= 4 is 26.3 Å². The minimum Gasteiger partial charge on any atom is -0.399 e. The number of benzene rings is 2. The minimum absolute atomic E-state index is 0.237. The van der Waals surface area contributed by atoms with Gasteiger partial charge in [-0.05, 0) is 35.0 Å². The van der Waals surface area contributed by atoms with Gasteiger partial charge in [0.15, 0.2) is 9.84 Å². The van der Waals surface area contributed by atoms with Gasteiger partial charge in [0, 0.05) is 11.1 Å². The SMILES string of the molecule is C=CS(=O)(=O)c1ccc2ccc(N)cc2c1. The second-order valence-corrected chi connectivity index (χ2v) is 5.37. The highest BCUT2D eigenvalue weighted by atomic mass is 32.2. The van der Waals surface area contributed by atoms with Crippen LogP contribution in [0.25, 0.3) is 10.8 Å². The molecule has 0 aliphatic rings. The molecular formula is C12H11NO2S. The van der Waals surface area contributed by atoms with Crippen LogP contribution in [0.4, 0.5) is 5.69 Å².